The largest absolute Gasteiger partial charge is 0.471 e. The highest BCUT2D eigenvalue weighted by molar-refractivity contribution is 7.15. The Kier molecular flexibility index (Phi) is 3.98. The van der Waals surface area contributed by atoms with Crippen LogP contribution in [0.15, 0.2) is 35.1 Å². The summed E-state index contributed by atoms with van der Waals surface area (Å²) in [4.78, 5) is 23.1. The normalized spacial score (nSPS) is 14.3. The Morgan fingerprint density at radius 3 is 2.88 bits per heavy atom. The minimum absolute atomic E-state index is 0.0955. The third-order valence-corrected chi connectivity index (χ3v) is 5.18. The number of pyridine rings is 1. The molecule has 10 heteroatoms. The van der Waals surface area contributed by atoms with E-state index in [4.69, 9.17) is 0 Å². The average Bonchev–Trinajstić information content (AvgIpc) is 3.27. The van der Waals surface area contributed by atoms with Crippen LogP contribution in [0.3, 0.4) is 0 Å². The van der Waals surface area contributed by atoms with E-state index in [1.165, 1.54) is 17.5 Å². The van der Waals surface area contributed by atoms with Crippen LogP contribution < -0.4 is 0 Å². The van der Waals surface area contributed by atoms with Crippen LogP contribution in [0.2, 0.25) is 0 Å². The molecule has 0 N–H and O–H groups in total. The Bertz CT molecular complexity index is 952. The summed E-state index contributed by atoms with van der Waals surface area (Å²) in [5.41, 5.74) is 1.38. The van der Waals surface area contributed by atoms with E-state index in [9.17, 15) is 18.0 Å². The van der Waals surface area contributed by atoms with Crippen molar-refractivity contribution >= 4 is 17.2 Å². The van der Waals surface area contributed by atoms with Crippen molar-refractivity contribution in [3.8, 4) is 10.7 Å². The highest BCUT2D eigenvalue weighted by atomic mass is 32.1. The molecule has 0 unspecified atom stereocenters. The highest BCUT2D eigenvalue weighted by Crippen LogP contribution is 2.35. The molecule has 0 bridgehead atoms. The standard InChI is InChI=1S/C16H11F3N4O2S/c17-16(18,19)15-21-13(22-25-15)12-6-10-8-23(5-3-11(10)26-12)14(24)9-2-1-4-20-7-9/h1-2,4,6-7H,3,5,8H2. The highest BCUT2D eigenvalue weighted by Gasteiger charge is 2.38. The third-order valence-electron chi connectivity index (χ3n) is 3.95. The second-order valence-electron chi connectivity index (χ2n) is 5.70. The molecule has 3 aromatic heterocycles. The van der Waals surface area contributed by atoms with Crippen LogP contribution in [0, 0.1) is 0 Å². The first-order chi connectivity index (χ1) is 12.4. The maximum absolute atomic E-state index is 12.6. The summed E-state index contributed by atoms with van der Waals surface area (Å²) in [5, 5.41) is 3.41. The lowest BCUT2D eigenvalue weighted by Crippen LogP contribution is -2.35. The first kappa shape index (κ1) is 16.7. The van der Waals surface area contributed by atoms with Crippen molar-refractivity contribution in [2.24, 2.45) is 0 Å². The molecule has 0 fully saturated rings. The molecule has 1 aliphatic heterocycles. The number of hydrogen-bond acceptors (Lipinski definition) is 6. The van der Waals surface area contributed by atoms with E-state index in [2.05, 4.69) is 19.6 Å². The van der Waals surface area contributed by atoms with Crippen molar-refractivity contribution in [1.29, 1.82) is 0 Å². The Labute approximate surface area is 149 Å². The van der Waals surface area contributed by atoms with Gasteiger partial charge in [0, 0.05) is 30.4 Å². The Morgan fingerprint density at radius 2 is 2.19 bits per heavy atom. The molecule has 3 aromatic rings. The molecule has 0 aliphatic carbocycles. The molecule has 1 amide bonds. The lowest BCUT2D eigenvalue weighted by Gasteiger charge is -2.26. The molecule has 1 aliphatic rings. The van der Waals surface area contributed by atoms with Gasteiger partial charge in [0.05, 0.1) is 10.4 Å². The predicted octanol–water partition coefficient (Wildman–Crippen LogP) is 3.41. The summed E-state index contributed by atoms with van der Waals surface area (Å²) in [6.45, 7) is 0.907. The van der Waals surface area contributed by atoms with Crippen molar-refractivity contribution < 1.29 is 22.5 Å². The Morgan fingerprint density at radius 1 is 1.35 bits per heavy atom. The van der Waals surface area contributed by atoms with Crippen LogP contribution in [0.1, 0.15) is 26.7 Å². The first-order valence-corrected chi connectivity index (χ1v) is 8.45. The van der Waals surface area contributed by atoms with Gasteiger partial charge in [-0.1, -0.05) is 5.16 Å². The smallest absolute Gasteiger partial charge is 0.334 e. The van der Waals surface area contributed by atoms with Crippen molar-refractivity contribution in [3.63, 3.8) is 0 Å². The van der Waals surface area contributed by atoms with Gasteiger partial charge < -0.3 is 9.42 Å². The number of fused-ring (bicyclic) bond motifs is 1. The first-order valence-electron chi connectivity index (χ1n) is 7.64. The number of carbonyl (C=O) groups is 1. The van der Waals surface area contributed by atoms with Crippen LogP contribution in [-0.4, -0.2) is 32.5 Å². The predicted molar refractivity (Wildman–Crippen MR) is 85.3 cm³/mol. The van der Waals surface area contributed by atoms with E-state index in [1.807, 2.05) is 0 Å². The van der Waals surface area contributed by atoms with Crippen LogP contribution >= 0.6 is 11.3 Å². The lowest BCUT2D eigenvalue weighted by atomic mass is 10.1. The van der Waals surface area contributed by atoms with Gasteiger partial charge in [-0.15, -0.1) is 11.3 Å². The van der Waals surface area contributed by atoms with Gasteiger partial charge in [0.2, 0.25) is 5.82 Å². The molecule has 0 aromatic carbocycles. The van der Waals surface area contributed by atoms with E-state index < -0.39 is 12.1 Å². The van der Waals surface area contributed by atoms with Gasteiger partial charge in [-0.05, 0) is 30.2 Å². The fourth-order valence-electron chi connectivity index (χ4n) is 2.73. The van der Waals surface area contributed by atoms with Crippen LogP contribution in [0.4, 0.5) is 13.2 Å². The number of nitrogens with zero attached hydrogens (tertiary/aromatic N) is 4. The molecular weight excluding hydrogens is 369 g/mol. The van der Waals surface area contributed by atoms with Gasteiger partial charge >= 0.3 is 12.1 Å². The van der Waals surface area contributed by atoms with Crippen molar-refractivity contribution in [2.45, 2.75) is 19.1 Å². The fourth-order valence-corrected chi connectivity index (χ4v) is 3.82. The number of rotatable bonds is 2. The molecule has 0 saturated heterocycles. The number of alkyl halides is 3. The summed E-state index contributed by atoms with van der Waals surface area (Å²) in [5.74, 6) is -1.59. The second kappa shape index (κ2) is 6.20. The summed E-state index contributed by atoms with van der Waals surface area (Å²) in [6, 6.07) is 5.11. The molecule has 0 saturated carbocycles. The molecule has 0 radical (unpaired) electrons. The molecule has 6 nitrogen and oxygen atoms in total. The van der Waals surface area contributed by atoms with Crippen molar-refractivity contribution in [2.75, 3.05) is 6.54 Å². The van der Waals surface area contributed by atoms with Gasteiger partial charge in [0.25, 0.3) is 5.91 Å². The lowest BCUT2D eigenvalue weighted by molar-refractivity contribution is -0.159. The monoisotopic (exact) mass is 380 g/mol. The van der Waals surface area contributed by atoms with E-state index in [0.717, 1.165) is 10.4 Å². The van der Waals surface area contributed by atoms with Crippen LogP contribution in [0.25, 0.3) is 10.7 Å². The van der Waals surface area contributed by atoms with Crippen LogP contribution in [0.5, 0.6) is 0 Å². The summed E-state index contributed by atoms with van der Waals surface area (Å²) in [7, 11) is 0. The van der Waals surface area contributed by atoms with Crippen LogP contribution in [-0.2, 0) is 19.1 Å². The molecule has 0 atom stereocenters. The number of amides is 1. The molecule has 4 rings (SSSR count). The number of hydrogen-bond donors (Lipinski definition) is 0. The Balaban J connectivity index is 1.56. The van der Waals surface area contributed by atoms with E-state index in [0.29, 0.717) is 30.0 Å². The summed E-state index contributed by atoms with van der Waals surface area (Å²) in [6.07, 6.45) is -0.948. The van der Waals surface area contributed by atoms with Crippen molar-refractivity contribution in [3.05, 3.63) is 52.5 Å². The zero-order chi connectivity index (χ0) is 18.3. The second-order valence-corrected chi connectivity index (χ2v) is 6.84. The Hall–Kier alpha value is -2.75. The van der Waals surface area contributed by atoms with E-state index in [-0.39, 0.29) is 11.7 Å². The van der Waals surface area contributed by atoms with E-state index in [1.54, 1.807) is 29.3 Å². The van der Waals surface area contributed by atoms with Gasteiger partial charge in [-0.2, -0.15) is 18.2 Å². The van der Waals surface area contributed by atoms with Gasteiger partial charge in [0.15, 0.2) is 0 Å². The fraction of sp³-hybridized carbons (Fsp3) is 0.250. The minimum Gasteiger partial charge on any atom is -0.334 e. The maximum Gasteiger partial charge on any atom is 0.471 e. The minimum atomic E-state index is -4.67. The number of aromatic nitrogens is 3. The van der Waals surface area contributed by atoms with Gasteiger partial charge in [0.1, 0.15) is 0 Å². The number of carbonyl (C=O) groups excluding carboxylic acids is 1. The average molecular weight is 380 g/mol. The topological polar surface area (TPSA) is 72.1 Å². The third kappa shape index (κ3) is 3.07. The molecule has 4 heterocycles. The molecule has 134 valence electrons. The van der Waals surface area contributed by atoms with E-state index >= 15 is 0 Å². The molecule has 0 spiro atoms. The molecular formula is C16H11F3N4O2S. The summed E-state index contributed by atoms with van der Waals surface area (Å²) < 4.78 is 42.1. The quantitative estimate of drug-likeness (QED) is 0.681. The number of thiophene rings is 1. The SMILES string of the molecule is O=C(c1cccnc1)N1CCc2sc(-c3noc(C(F)(F)F)n3)cc2C1. The molecule has 26 heavy (non-hydrogen) atoms. The maximum atomic E-state index is 12.6. The van der Waals surface area contributed by atoms with Crippen molar-refractivity contribution in [1.82, 2.24) is 20.0 Å². The number of halogens is 3. The van der Waals surface area contributed by atoms with Gasteiger partial charge in [-0.3, -0.25) is 9.78 Å². The van der Waals surface area contributed by atoms with Gasteiger partial charge in [-0.25, -0.2) is 0 Å². The zero-order valence-electron chi connectivity index (χ0n) is 13.2. The zero-order valence-corrected chi connectivity index (χ0v) is 14.0. The summed E-state index contributed by atoms with van der Waals surface area (Å²) >= 11 is 1.32.